The van der Waals surface area contributed by atoms with Gasteiger partial charge in [0.15, 0.2) is 5.96 Å². The molecule has 1 aromatic heterocycles. The van der Waals surface area contributed by atoms with Gasteiger partial charge in [-0.1, -0.05) is 18.2 Å². The molecule has 0 atom stereocenters. The zero-order valence-electron chi connectivity index (χ0n) is 16.4. The number of hydrogen-bond acceptors (Lipinski definition) is 4. The first kappa shape index (κ1) is 19.0. The molecule has 1 N–H and O–H groups in total. The van der Waals surface area contributed by atoms with Crippen molar-refractivity contribution in [3.8, 4) is 11.5 Å². The molecule has 2 heterocycles. The molecule has 2 aromatic carbocycles. The number of nitrogens with zero attached hydrogens (tertiary/aromatic N) is 4. The number of rotatable bonds is 4. The summed E-state index contributed by atoms with van der Waals surface area (Å²) in [6.07, 6.45) is 1.68. The second-order valence-corrected chi connectivity index (χ2v) is 6.86. The third kappa shape index (κ3) is 4.56. The van der Waals surface area contributed by atoms with Crippen LogP contribution in [-0.2, 0) is 6.54 Å². The lowest BCUT2D eigenvalue weighted by atomic mass is 10.2. The molecule has 0 spiro atoms. The average molecular weight is 393 g/mol. The fourth-order valence-corrected chi connectivity index (χ4v) is 3.43. The number of piperazine rings is 1. The van der Waals surface area contributed by atoms with Crippen LogP contribution in [0.2, 0.25) is 0 Å². The topological polar surface area (TPSA) is 56.9 Å². The third-order valence-corrected chi connectivity index (χ3v) is 4.98. The predicted molar refractivity (Wildman–Crippen MR) is 112 cm³/mol. The number of aliphatic imine (C=N–C) groups is 1. The number of hydrogen-bond donors (Lipinski definition) is 1. The van der Waals surface area contributed by atoms with Crippen molar-refractivity contribution in [2.45, 2.75) is 6.54 Å². The average Bonchev–Trinajstić information content (AvgIpc) is 3.25. The second kappa shape index (κ2) is 8.77. The highest BCUT2D eigenvalue weighted by molar-refractivity contribution is 5.80. The molecule has 6 nitrogen and oxygen atoms in total. The second-order valence-electron chi connectivity index (χ2n) is 6.86. The van der Waals surface area contributed by atoms with Crippen LogP contribution in [0.1, 0.15) is 5.69 Å². The molecule has 1 aliphatic rings. The number of halogens is 1. The summed E-state index contributed by atoms with van der Waals surface area (Å²) < 4.78 is 18.7. The molecule has 0 saturated carbocycles. The van der Waals surface area contributed by atoms with Crippen LogP contribution in [0.4, 0.5) is 10.1 Å². The fourth-order valence-electron chi connectivity index (χ4n) is 3.43. The Morgan fingerprint density at radius 1 is 1.07 bits per heavy atom. The minimum absolute atomic E-state index is 0.208. The van der Waals surface area contributed by atoms with Crippen LogP contribution < -0.4 is 10.2 Å². The smallest absolute Gasteiger partial charge is 0.226 e. The summed E-state index contributed by atoms with van der Waals surface area (Å²) in [6, 6.07) is 16.5. The van der Waals surface area contributed by atoms with Crippen LogP contribution in [0.15, 0.2) is 70.3 Å². The maximum Gasteiger partial charge on any atom is 0.226 e. The monoisotopic (exact) mass is 393 g/mol. The number of aromatic nitrogens is 1. The summed E-state index contributed by atoms with van der Waals surface area (Å²) in [4.78, 5) is 13.4. The van der Waals surface area contributed by atoms with Crippen LogP contribution in [0, 0.1) is 5.82 Å². The van der Waals surface area contributed by atoms with Crippen molar-refractivity contribution in [1.82, 2.24) is 15.2 Å². The quantitative estimate of drug-likeness (QED) is 0.544. The van der Waals surface area contributed by atoms with Gasteiger partial charge >= 0.3 is 0 Å². The number of oxazole rings is 1. The van der Waals surface area contributed by atoms with Crippen molar-refractivity contribution < 1.29 is 8.81 Å². The third-order valence-electron chi connectivity index (χ3n) is 4.98. The first-order chi connectivity index (χ1) is 14.2. The normalized spacial score (nSPS) is 14.9. The van der Waals surface area contributed by atoms with Crippen LogP contribution >= 0.6 is 0 Å². The summed E-state index contributed by atoms with van der Waals surface area (Å²) in [5.41, 5.74) is 2.83. The van der Waals surface area contributed by atoms with Crippen LogP contribution in [0.25, 0.3) is 11.5 Å². The van der Waals surface area contributed by atoms with Crippen molar-refractivity contribution in [1.29, 1.82) is 0 Å². The van der Waals surface area contributed by atoms with E-state index in [1.165, 1.54) is 12.1 Å². The molecular formula is C22H24FN5O. The maximum atomic E-state index is 13.1. The Balaban J connectivity index is 1.31. The van der Waals surface area contributed by atoms with E-state index in [0.29, 0.717) is 12.4 Å². The first-order valence-electron chi connectivity index (χ1n) is 9.69. The van der Waals surface area contributed by atoms with Gasteiger partial charge in [-0.15, -0.1) is 0 Å². The molecule has 29 heavy (non-hydrogen) atoms. The summed E-state index contributed by atoms with van der Waals surface area (Å²) >= 11 is 0. The van der Waals surface area contributed by atoms with E-state index < -0.39 is 0 Å². The molecule has 150 valence electrons. The standard InChI is InChI=1S/C22H24FN5O/c1-24-22(25-15-19-16-29-21(26-19)17-5-3-2-4-6-17)28-13-11-27(12-14-28)20-9-7-18(23)8-10-20/h2-10,16H,11-15H2,1H3,(H,24,25). The Morgan fingerprint density at radius 2 is 1.79 bits per heavy atom. The number of guanidine groups is 1. The molecule has 1 fully saturated rings. The zero-order chi connectivity index (χ0) is 20.1. The summed E-state index contributed by atoms with van der Waals surface area (Å²) in [7, 11) is 1.78. The molecule has 7 heteroatoms. The van der Waals surface area contributed by atoms with Gasteiger partial charge < -0.3 is 19.5 Å². The molecule has 4 rings (SSSR count). The van der Waals surface area contributed by atoms with E-state index in [0.717, 1.165) is 49.1 Å². The fraction of sp³-hybridized carbons (Fsp3) is 0.273. The molecule has 1 saturated heterocycles. The molecule has 0 aliphatic carbocycles. The lowest BCUT2D eigenvalue weighted by Gasteiger charge is -2.37. The van der Waals surface area contributed by atoms with Gasteiger partial charge in [-0.2, -0.15) is 0 Å². The van der Waals surface area contributed by atoms with Crippen LogP contribution in [0.5, 0.6) is 0 Å². The Kier molecular flexibility index (Phi) is 5.74. The van der Waals surface area contributed by atoms with Gasteiger partial charge in [0.25, 0.3) is 0 Å². The van der Waals surface area contributed by atoms with Gasteiger partial charge in [-0.25, -0.2) is 9.37 Å². The highest BCUT2D eigenvalue weighted by Gasteiger charge is 2.20. The lowest BCUT2D eigenvalue weighted by molar-refractivity contribution is 0.372. The van der Waals surface area contributed by atoms with Crippen molar-refractivity contribution in [2.24, 2.45) is 4.99 Å². The van der Waals surface area contributed by atoms with Gasteiger partial charge in [0.2, 0.25) is 5.89 Å². The van der Waals surface area contributed by atoms with E-state index in [1.807, 2.05) is 42.5 Å². The van der Waals surface area contributed by atoms with Crippen molar-refractivity contribution in [2.75, 3.05) is 38.1 Å². The van der Waals surface area contributed by atoms with Crippen LogP contribution in [-0.4, -0.2) is 49.1 Å². The summed E-state index contributed by atoms with van der Waals surface area (Å²) in [5, 5.41) is 3.37. The van der Waals surface area contributed by atoms with E-state index in [9.17, 15) is 4.39 Å². The van der Waals surface area contributed by atoms with Gasteiger partial charge in [-0.05, 0) is 36.4 Å². The summed E-state index contributed by atoms with van der Waals surface area (Å²) in [6.45, 7) is 3.93. The number of nitrogens with one attached hydrogen (secondary N) is 1. The number of benzene rings is 2. The predicted octanol–water partition coefficient (Wildman–Crippen LogP) is 3.38. The highest BCUT2D eigenvalue weighted by Crippen LogP contribution is 2.19. The Hall–Kier alpha value is -3.35. The van der Waals surface area contributed by atoms with Crippen molar-refractivity contribution in [3.05, 3.63) is 72.4 Å². The van der Waals surface area contributed by atoms with Gasteiger partial charge in [0.05, 0.1) is 12.2 Å². The van der Waals surface area contributed by atoms with Gasteiger partial charge in [-0.3, -0.25) is 4.99 Å². The zero-order valence-corrected chi connectivity index (χ0v) is 16.4. The molecule has 0 amide bonds. The maximum absolute atomic E-state index is 13.1. The first-order valence-corrected chi connectivity index (χ1v) is 9.69. The van der Waals surface area contributed by atoms with Gasteiger partial charge in [0, 0.05) is 44.5 Å². The van der Waals surface area contributed by atoms with Crippen LogP contribution in [0.3, 0.4) is 0 Å². The lowest BCUT2D eigenvalue weighted by Crippen LogP contribution is -2.52. The molecule has 0 radical (unpaired) electrons. The molecule has 1 aliphatic heterocycles. The molecule has 3 aromatic rings. The molecule has 0 bridgehead atoms. The minimum Gasteiger partial charge on any atom is -0.444 e. The summed E-state index contributed by atoms with van der Waals surface area (Å²) in [5.74, 6) is 1.25. The van der Waals surface area contributed by atoms with Gasteiger partial charge in [0.1, 0.15) is 12.1 Å². The Morgan fingerprint density at radius 3 is 2.48 bits per heavy atom. The van der Waals surface area contributed by atoms with E-state index in [4.69, 9.17) is 4.42 Å². The van der Waals surface area contributed by atoms with E-state index in [-0.39, 0.29) is 5.82 Å². The number of anilines is 1. The highest BCUT2D eigenvalue weighted by atomic mass is 19.1. The van der Waals surface area contributed by atoms with E-state index in [2.05, 4.69) is 25.1 Å². The molecule has 0 unspecified atom stereocenters. The Labute approximate surface area is 169 Å². The van der Waals surface area contributed by atoms with E-state index in [1.54, 1.807) is 13.3 Å². The van der Waals surface area contributed by atoms with E-state index >= 15 is 0 Å². The minimum atomic E-state index is -0.208. The van der Waals surface area contributed by atoms with Crippen molar-refractivity contribution >= 4 is 11.6 Å². The largest absolute Gasteiger partial charge is 0.444 e. The van der Waals surface area contributed by atoms with Crippen molar-refractivity contribution in [3.63, 3.8) is 0 Å². The Bertz CT molecular complexity index is 947. The SMILES string of the molecule is CN=C(NCc1coc(-c2ccccc2)n1)N1CCN(c2ccc(F)cc2)CC1. The molecular weight excluding hydrogens is 369 g/mol.